The van der Waals surface area contributed by atoms with Gasteiger partial charge >= 0.3 is 0 Å². The number of amides is 1. The first-order valence-electron chi connectivity index (χ1n) is 6.83. The summed E-state index contributed by atoms with van der Waals surface area (Å²) in [6.45, 7) is 1.13. The van der Waals surface area contributed by atoms with Crippen LogP contribution in [0.2, 0.25) is 0 Å². The Morgan fingerprint density at radius 2 is 2.29 bits per heavy atom. The molecule has 3 heterocycles. The molecular formula is C14H16N6O. The highest BCUT2D eigenvalue weighted by molar-refractivity contribution is 5.75. The zero-order chi connectivity index (χ0) is 14.5. The Bertz CT molecular complexity index is 685. The van der Waals surface area contributed by atoms with Gasteiger partial charge in [0.1, 0.15) is 18.3 Å². The quantitative estimate of drug-likeness (QED) is 0.722. The maximum Gasteiger partial charge on any atom is 0.221 e. The molecule has 0 saturated carbocycles. The van der Waals surface area contributed by atoms with E-state index in [1.165, 1.54) is 6.33 Å². The molecule has 1 N–H and O–H groups in total. The van der Waals surface area contributed by atoms with E-state index in [9.17, 15) is 4.79 Å². The molecule has 0 aliphatic heterocycles. The van der Waals surface area contributed by atoms with Crippen LogP contribution in [-0.2, 0) is 17.8 Å². The van der Waals surface area contributed by atoms with Crippen LogP contribution >= 0.6 is 0 Å². The Morgan fingerprint density at radius 3 is 3.10 bits per heavy atom. The first kappa shape index (κ1) is 13.3. The van der Waals surface area contributed by atoms with Crippen LogP contribution in [0.4, 0.5) is 0 Å². The predicted octanol–water partition coefficient (Wildman–Crippen LogP) is 0.675. The number of fused-ring (bicyclic) bond motifs is 1. The fourth-order valence-electron chi connectivity index (χ4n) is 2.09. The number of imidazole rings is 1. The Balaban J connectivity index is 1.44. The largest absolute Gasteiger partial charge is 0.356 e. The van der Waals surface area contributed by atoms with Crippen LogP contribution in [0.25, 0.3) is 5.65 Å². The van der Waals surface area contributed by atoms with E-state index in [0.717, 1.165) is 17.8 Å². The lowest BCUT2D eigenvalue weighted by molar-refractivity contribution is -0.121. The second-order valence-corrected chi connectivity index (χ2v) is 4.71. The Kier molecular flexibility index (Phi) is 3.90. The number of carbonyl (C=O) groups is 1. The average Bonchev–Trinajstić information content (AvgIpc) is 3.14. The number of hydrogen-bond acceptors (Lipinski definition) is 4. The monoisotopic (exact) mass is 284 g/mol. The van der Waals surface area contributed by atoms with E-state index in [0.29, 0.717) is 19.5 Å². The number of aromatic nitrogens is 5. The summed E-state index contributed by atoms with van der Waals surface area (Å²) in [5.41, 5.74) is 1.89. The van der Waals surface area contributed by atoms with E-state index in [-0.39, 0.29) is 5.91 Å². The van der Waals surface area contributed by atoms with Gasteiger partial charge in [0.05, 0.1) is 12.2 Å². The van der Waals surface area contributed by atoms with Crippen molar-refractivity contribution in [2.45, 2.75) is 19.4 Å². The van der Waals surface area contributed by atoms with Gasteiger partial charge in [-0.05, 0) is 12.1 Å². The highest BCUT2D eigenvalue weighted by Gasteiger charge is 2.04. The van der Waals surface area contributed by atoms with Crippen molar-refractivity contribution in [2.75, 3.05) is 6.54 Å². The third kappa shape index (κ3) is 3.44. The van der Waals surface area contributed by atoms with Gasteiger partial charge in [0, 0.05) is 31.8 Å². The lowest BCUT2D eigenvalue weighted by Crippen LogP contribution is -2.26. The predicted molar refractivity (Wildman–Crippen MR) is 76.5 cm³/mol. The number of pyridine rings is 1. The topological polar surface area (TPSA) is 77.1 Å². The van der Waals surface area contributed by atoms with E-state index < -0.39 is 0 Å². The highest BCUT2D eigenvalue weighted by atomic mass is 16.1. The molecule has 0 atom stereocenters. The van der Waals surface area contributed by atoms with E-state index in [2.05, 4.69) is 20.4 Å². The summed E-state index contributed by atoms with van der Waals surface area (Å²) >= 11 is 0. The van der Waals surface area contributed by atoms with E-state index >= 15 is 0 Å². The lowest BCUT2D eigenvalue weighted by Gasteiger charge is -2.03. The van der Waals surface area contributed by atoms with Crippen LogP contribution in [0, 0.1) is 0 Å². The first-order chi connectivity index (χ1) is 10.3. The van der Waals surface area contributed by atoms with Gasteiger partial charge in [-0.2, -0.15) is 5.10 Å². The summed E-state index contributed by atoms with van der Waals surface area (Å²) in [6, 6.07) is 5.88. The minimum Gasteiger partial charge on any atom is -0.356 e. The molecule has 0 spiro atoms. The molecule has 7 nitrogen and oxygen atoms in total. The summed E-state index contributed by atoms with van der Waals surface area (Å²) in [5.74, 6) is 0.00858. The number of hydrogen-bond donors (Lipinski definition) is 1. The van der Waals surface area contributed by atoms with E-state index in [1.54, 1.807) is 11.0 Å². The van der Waals surface area contributed by atoms with Gasteiger partial charge in [0.15, 0.2) is 0 Å². The molecule has 0 aromatic carbocycles. The number of aryl methyl sites for hydroxylation is 1. The van der Waals surface area contributed by atoms with Crippen molar-refractivity contribution < 1.29 is 4.79 Å². The lowest BCUT2D eigenvalue weighted by atomic mass is 10.3. The van der Waals surface area contributed by atoms with Crippen LogP contribution in [0.3, 0.4) is 0 Å². The number of carbonyl (C=O) groups excluding carboxylic acids is 1. The highest BCUT2D eigenvalue weighted by Crippen LogP contribution is 2.04. The normalized spacial score (nSPS) is 10.9. The molecule has 0 aliphatic carbocycles. The maximum absolute atomic E-state index is 11.7. The van der Waals surface area contributed by atoms with Gasteiger partial charge in [0.2, 0.25) is 5.91 Å². The molecule has 0 aliphatic rings. The zero-order valence-corrected chi connectivity index (χ0v) is 11.5. The Morgan fingerprint density at radius 1 is 1.33 bits per heavy atom. The van der Waals surface area contributed by atoms with Gasteiger partial charge < -0.3 is 9.72 Å². The SMILES string of the molecule is O=C(CCn1cncn1)NCCc1cn2ccccc2n1. The molecule has 3 aromatic rings. The van der Waals surface area contributed by atoms with Crippen LogP contribution in [0.1, 0.15) is 12.1 Å². The Hall–Kier alpha value is -2.70. The average molecular weight is 284 g/mol. The van der Waals surface area contributed by atoms with Crippen LogP contribution in [0.5, 0.6) is 0 Å². The minimum absolute atomic E-state index is 0.00858. The van der Waals surface area contributed by atoms with Crippen LogP contribution in [0.15, 0.2) is 43.2 Å². The summed E-state index contributed by atoms with van der Waals surface area (Å²) in [7, 11) is 0. The van der Waals surface area contributed by atoms with Crippen LogP contribution < -0.4 is 5.32 Å². The molecule has 108 valence electrons. The van der Waals surface area contributed by atoms with Crippen molar-refractivity contribution in [3.8, 4) is 0 Å². The molecule has 3 aromatic heterocycles. The van der Waals surface area contributed by atoms with Crippen molar-refractivity contribution in [3.63, 3.8) is 0 Å². The zero-order valence-electron chi connectivity index (χ0n) is 11.5. The van der Waals surface area contributed by atoms with Crippen molar-refractivity contribution >= 4 is 11.6 Å². The third-order valence-corrected chi connectivity index (χ3v) is 3.15. The second-order valence-electron chi connectivity index (χ2n) is 4.71. The molecule has 0 radical (unpaired) electrons. The molecule has 3 rings (SSSR count). The molecule has 21 heavy (non-hydrogen) atoms. The standard InChI is InChI=1S/C14H16N6O/c21-14(5-8-20-11-15-10-17-20)16-6-4-12-9-19-7-2-1-3-13(19)18-12/h1-3,7,9-11H,4-6,8H2,(H,16,21). The number of rotatable bonds is 6. The van der Waals surface area contributed by atoms with Crippen molar-refractivity contribution in [1.29, 1.82) is 0 Å². The molecule has 0 bridgehead atoms. The maximum atomic E-state index is 11.7. The summed E-state index contributed by atoms with van der Waals surface area (Å²) in [5, 5.41) is 6.84. The summed E-state index contributed by atoms with van der Waals surface area (Å²) in [6.07, 6.45) is 8.12. The summed E-state index contributed by atoms with van der Waals surface area (Å²) < 4.78 is 3.61. The molecule has 1 amide bonds. The first-order valence-corrected chi connectivity index (χ1v) is 6.83. The van der Waals surface area contributed by atoms with Gasteiger partial charge in [-0.15, -0.1) is 0 Å². The molecule has 7 heteroatoms. The second kappa shape index (κ2) is 6.17. The summed E-state index contributed by atoms with van der Waals surface area (Å²) in [4.78, 5) is 20.0. The van der Waals surface area contributed by atoms with Crippen molar-refractivity contribution in [3.05, 3.63) is 48.9 Å². The van der Waals surface area contributed by atoms with Gasteiger partial charge in [-0.1, -0.05) is 6.07 Å². The minimum atomic E-state index is 0.00858. The van der Waals surface area contributed by atoms with Gasteiger partial charge in [-0.25, -0.2) is 9.97 Å². The van der Waals surface area contributed by atoms with Crippen molar-refractivity contribution in [2.24, 2.45) is 0 Å². The Labute approximate surface area is 121 Å². The van der Waals surface area contributed by atoms with Crippen LogP contribution in [-0.4, -0.2) is 36.6 Å². The van der Waals surface area contributed by atoms with E-state index in [4.69, 9.17) is 0 Å². The molecular weight excluding hydrogens is 268 g/mol. The fourth-order valence-corrected chi connectivity index (χ4v) is 2.09. The van der Waals surface area contributed by atoms with Crippen molar-refractivity contribution in [1.82, 2.24) is 29.5 Å². The number of nitrogens with zero attached hydrogens (tertiary/aromatic N) is 5. The van der Waals surface area contributed by atoms with Gasteiger partial charge in [-0.3, -0.25) is 9.48 Å². The smallest absolute Gasteiger partial charge is 0.221 e. The molecule has 0 saturated heterocycles. The number of nitrogens with one attached hydrogen (secondary N) is 1. The fraction of sp³-hybridized carbons (Fsp3) is 0.286. The third-order valence-electron chi connectivity index (χ3n) is 3.15. The van der Waals surface area contributed by atoms with E-state index in [1.807, 2.05) is 35.0 Å². The molecule has 0 fully saturated rings. The van der Waals surface area contributed by atoms with Gasteiger partial charge in [0.25, 0.3) is 0 Å². The molecule has 0 unspecified atom stereocenters.